The van der Waals surface area contributed by atoms with Crippen molar-refractivity contribution in [1.82, 2.24) is 0 Å². The van der Waals surface area contributed by atoms with Crippen molar-refractivity contribution in [1.29, 1.82) is 0 Å². The van der Waals surface area contributed by atoms with Gasteiger partial charge in [0.15, 0.2) is 0 Å². The van der Waals surface area contributed by atoms with Gasteiger partial charge in [-0.15, -0.1) is 0 Å². The van der Waals surface area contributed by atoms with E-state index in [0.717, 1.165) is 22.4 Å². The molecule has 1 unspecified atom stereocenters. The molecule has 0 heterocycles. The van der Waals surface area contributed by atoms with Gasteiger partial charge in [0.05, 0.1) is 12.5 Å². The molecule has 0 aliphatic carbocycles. The molecule has 0 saturated carbocycles. The molecular weight excluding hydrogens is 300 g/mol. The summed E-state index contributed by atoms with van der Waals surface area (Å²) in [6, 6.07) is 13.6. The molecule has 24 heavy (non-hydrogen) atoms. The summed E-state index contributed by atoms with van der Waals surface area (Å²) >= 11 is 0. The van der Waals surface area contributed by atoms with Gasteiger partial charge in [-0.2, -0.15) is 0 Å². The molecule has 0 saturated heterocycles. The molecule has 0 fully saturated rings. The van der Waals surface area contributed by atoms with E-state index in [2.05, 4.69) is 13.8 Å². The summed E-state index contributed by atoms with van der Waals surface area (Å²) in [5.41, 5.74) is 4.06. The molecule has 0 aliphatic rings. The summed E-state index contributed by atoms with van der Waals surface area (Å²) < 4.78 is 5.86. The minimum Gasteiger partial charge on any atom is -0.493 e. The van der Waals surface area contributed by atoms with Crippen molar-refractivity contribution >= 4 is 5.97 Å². The third kappa shape index (κ3) is 4.60. The number of benzene rings is 2. The van der Waals surface area contributed by atoms with Crippen LogP contribution in [0.2, 0.25) is 0 Å². The topological polar surface area (TPSA) is 46.5 Å². The summed E-state index contributed by atoms with van der Waals surface area (Å²) in [6.45, 7) is 8.86. The SMILES string of the molecule is Cc1ccc(C(Cc2ccccc2OCC(C)C)C(=O)O)cc1C. The number of carboxylic acids is 1. The van der Waals surface area contributed by atoms with Crippen LogP contribution < -0.4 is 4.74 Å². The molecule has 3 heteroatoms. The Labute approximate surface area is 144 Å². The van der Waals surface area contributed by atoms with E-state index in [1.165, 1.54) is 5.56 Å². The maximum absolute atomic E-state index is 11.8. The van der Waals surface area contributed by atoms with E-state index >= 15 is 0 Å². The summed E-state index contributed by atoms with van der Waals surface area (Å²) in [5, 5.41) is 9.72. The van der Waals surface area contributed by atoms with E-state index in [4.69, 9.17) is 4.74 Å². The molecule has 0 bridgehead atoms. The van der Waals surface area contributed by atoms with Crippen molar-refractivity contribution in [2.45, 2.75) is 40.0 Å². The summed E-state index contributed by atoms with van der Waals surface area (Å²) in [5.74, 6) is -0.181. The molecule has 0 radical (unpaired) electrons. The normalized spacial score (nSPS) is 12.2. The highest BCUT2D eigenvalue weighted by Gasteiger charge is 2.22. The van der Waals surface area contributed by atoms with Gasteiger partial charge in [-0.1, -0.05) is 50.2 Å². The minimum atomic E-state index is -0.808. The maximum Gasteiger partial charge on any atom is 0.311 e. The Kier molecular flexibility index (Phi) is 6.02. The van der Waals surface area contributed by atoms with Crippen molar-refractivity contribution in [2.75, 3.05) is 6.61 Å². The van der Waals surface area contributed by atoms with E-state index in [1.807, 2.05) is 56.3 Å². The lowest BCUT2D eigenvalue weighted by Crippen LogP contribution is -2.16. The monoisotopic (exact) mass is 326 g/mol. The van der Waals surface area contributed by atoms with Crippen molar-refractivity contribution < 1.29 is 14.6 Å². The predicted molar refractivity (Wildman–Crippen MR) is 96.8 cm³/mol. The van der Waals surface area contributed by atoms with E-state index in [9.17, 15) is 9.90 Å². The Morgan fingerprint density at radius 1 is 1.08 bits per heavy atom. The highest BCUT2D eigenvalue weighted by molar-refractivity contribution is 5.77. The van der Waals surface area contributed by atoms with E-state index < -0.39 is 11.9 Å². The van der Waals surface area contributed by atoms with Gasteiger partial charge in [-0.3, -0.25) is 4.79 Å². The van der Waals surface area contributed by atoms with Crippen LogP contribution in [0.1, 0.15) is 42.0 Å². The second-order valence-corrected chi connectivity index (χ2v) is 6.75. The molecule has 1 N–H and O–H groups in total. The van der Waals surface area contributed by atoms with Crippen LogP contribution in [0.3, 0.4) is 0 Å². The number of aryl methyl sites for hydroxylation is 2. The molecule has 0 aliphatic heterocycles. The minimum absolute atomic E-state index is 0.423. The summed E-state index contributed by atoms with van der Waals surface area (Å²) in [6.07, 6.45) is 0.423. The highest BCUT2D eigenvalue weighted by atomic mass is 16.5. The molecule has 3 nitrogen and oxygen atoms in total. The van der Waals surface area contributed by atoms with Crippen LogP contribution in [0.5, 0.6) is 5.75 Å². The molecule has 1 atom stereocenters. The van der Waals surface area contributed by atoms with E-state index in [0.29, 0.717) is 18.9 Å². The molecule has 2 aromatic rings. The molecule has 2 aromatic carbocycles. The second kappa shape index (κ2) is 8.00. The van der Waals surface area contributed by atoms with Crippen molar-refractivity contribution in [3.8, 4) is 5.75 Å². The third-order valence-corrected chi connectivity index (χ3v) is 4.20. The summed E-state index contributed by atoms with van der Waals surface area (Å²) in [4.78, 5) is 11.8. The average Bonchev–Trinajstić information content (AvgIpc) is 2.54. The number of para-hydroxylation sites is 1. The van der Waals surface area contributed by atoms with Crippen LogP contribution >= 0.6 is 0 Å². The van der Waals surface area contributed by atoms with Gasteiger partial charge >= 0.3 is 5.97 Å². The number of ether oxygens (including phenoxy) is 1. The predicted octanol–water partition coefficient (Wildman–Crippen LogP) is 4.75. The number of hydrogen-bond acceptors (Lipinski definition) is 2. The first-order valence-electron chi connectivity index (χ1n) is 8.39. The van der Waals surface area contributed by atoms with Gasteiger partial charge < -0.3 is 9.84 Å². The molecule has 0 amide bonds. The first kappa shape index (κ1) is 18.1. The van der Waals surface area contributed by atoms with Gasteiger partial charge in [0.25, 0.3) is 0 Å². The van der Waals surface area contributed by atoms with E-state index in [1.54, 1.807) is 0 Å². The molecule has 128 valence electrons. The number of hydrogen-bond donors (Lipinski definition) is 1. The summed E-state index contributed by atoms with van der Waals surface area (Å²) in [7, 11) is 0. The Morgan fingerprint density at radius 2 is 1.79 bits per heavy atom. The first-order valence-corrected chi connectivity index (χ1v) is 8.39. The second-order valence-electron chi connectivity index (χ2n) is 6.75. The largest absolute Gasteiger partial charge is 0.493 e. The highest BCUT2D eigenvalue weighted by Crippen LogP contribution is 2.28. The lowest BCUT2D eigenvalue weighted by atomic mass is 9.90. The van der Waals surface area contributed by atoms with Crippen molar-refractivity contribution in [3.05, 3.63) is 64.7 Å². The van der Waals surface area contributed by atoms with Crippen molar-refractivity contribution in [2.24, 2.45) is 5.92 Å². The Morgan fingerprint density at radius 3 is 2.42 bits per heavy atom. The van der Waals surface area contributed by atoms with Crippen LogP contribution in [0.25, 0.3) is 0 Å². The Balaban J connectivity index is 2.28. The fourth-order valence-corrected chi connectivity index (χ4v) is 2.62. The zero-order valence-corrected chi connectivity index (χ0v) is 14.9. The zero-order chi connectivity index (χ0) is 17.7. The number of aliphatic carboxylic acids is 1. The number of carboxylic acid groups (broad SMARTS) is 1. The van der Waals surface area contributed by atoms with Crippen molar-refractivity contribution in [3.63, 3.8) is 0 Å². The molecule has 0 spiro atoms. The standard InChI is InChI=1S/C21H26O3/c1-14(2)13-24-20-8-6-5-7-18(20)12-19(21(22)23)17-10-9-15(3)16(4)11-17/h5-11,14,19H,12-13H2,1-4H3,(H,22,23). The van der Waals surface area contributed by atoms with Crippen LogP contribution in [-0.4, -0.2) is 17.7 Å². The van der Waals surface area contributed by atoms with Gasteiger partial charge in [-0.05, 0) is 54.5 Å². The third-order valence-electron chi connectivity index (χ3n) is 4.20. The fourth-order valence-electron chi connectivity index (χ4n) is 2.62. The zero-order valence-electron chi connectivity index (χ0n) is 14.9. The first-order chi connectivity index (χ1) is 11.4. The van der Waals surface area contributed by atoms with Gasteiger partial charge in [0.1, 0.15) is 5.75 Å². The Hall–Kier alpha value is -2.29. The van der Waals surface area contributed by atoms with Crippen LogP contribution in [0, 0.1) is 19.8 Å². The van der Waals surface area contributed by atoms with E-state index in [-0.39, 0.29) is 0 Å². The van der Waals surface area contributed by atoms with Gasteiger partial charge in [0, 0.05) is 0 Å². The molecular formula is C21H26O3. The molecule has 0 aromatic heterocycles. The van der Waals surface area contributed by atoms with Crippen LogP contribution in [0.15, 0.2) is 42.5 Å². The van der Waals surface area contributed by atoms with Gasteiger partial charge in [0.2, 0.25) is 0 Å². The van der Waals surface area contributed by atoms with Crippen LogP contribution in [-0.2, 0) is 11.2 Å². The molecule has 2 rings (SSSR count). The lowest BCUT2D eigenvalue weighted by molar-refractivity contribution is -0.138. The smallest absolute Gasteiger partial charge is 0.311 e. The average molecular weight is 326 g/mol. The Bertz CT molecular complexity index is 704. The maximum atomic E-state index is 11.8. The lowest BCUT2D eigenvalue weighted by Gasteiger charge is -2.18. The quantitative estimate of drug-likeness (QED) is 0.798. The fraction of sp³-hybridized carbons (Fsp3) is 0.381. The number of carbonyl (C=O) groups is 1. The number of rotatable bonds is 7. The van der Waals surface area contributed by atoms with Crippen LogP contribution in [0.4, 0.5) is 0 Å². The van der Waals surface area contributed by atoms with Gasteiger partial charge in [-0.25, -0.2) is 0 Å².